The fourth-order valence-electron chi connectivity index (χ4n) is 4.65. The van der Waals surface area contributed by atoms with E-state index < -0.39 is 17.8 Å². The van der Waals surface area contributed by atoms with E-state index >= 15 is 0 Å². The highest BCUT2D eigenvalue weighted by atomic mass is 16.4. The lowest BCUT2D eigenvalue weighted by Crippen LogP contribution is -2.37. The number of rotatable bonds is 4. The van der Waals surface area contributed by atoms with Crippen molar-refractivity contribution in [3.63, 3.8) is 0 Å². The van der Waals surface area contributed by atoms with Crippen LogP contribution in [0.3, 0.4) is 0 Å². The fourth-order valence-corrected chi connectivity index (χ4v) is 4.65. The average Bonchev–Trinajstić information content (AvgIpc) is 3.11. The van der Waals surface area contributed by atoms with Crippen molar-refractivity contribution in [1.29, 1.82) is 0 Å². The zero-order valence-corrected chi connectivity index (χ0v) is 14.5. The van der Waals surface area contributed by atoms with Crippen LogP contribution in [0.2, 0.25) is 0 Å². The lowest BCUT2D eigenvalue weighted by Gasteiger charge is -2.26. The number of carboxylic acids is 1. The molecule has 3 rings (SSSR count). The van der Waals surface area contributed by atoms with Crippen molar-refractivity contribution >= 4 is 17.6 Å². The summed E-state index contributed by atoms with van der Waals surface area (Å²) in [5, 5.41) is 12.6. The number of fused-ring (bicyclic) bond motifs is 2. The zero-order chi connectivity index (χ0) is 17.4. The SMILES string of the molecule is CCc1ccc(NC(=O)C2C3CCC(C3=C(C)C)C2C(=O)O)cc1. The smallest absolute Gasteiger partial charge is 0.307 e. The molecule has 1 aromatic rings. The number of carbonyl (C=O) groups excluding carboxylic acids is 1. The Morgan fingerprint density at radius 2 is 1.67 bits per heavy atom. The zero-order valence-electron chi connectivity index (χ0n) is 14.5. The van der Waals surface area contributed by atoms with Crippen LogP contribution in [0, 0.1) is 23.7 Å². The Labute approximate surface area is 143 Å². The minimum absolute atomic E-state index is 0.0238. The first-order valence-corrected chi connectivity index (χ1v) is 8.74. The van der Waals surface area contributed by atoms with Gasteiger partial charge < -0.3 is 10.4 Å². The van der Waals surface area contributed by atoms with Crippen LogP contribution in [0.5, 0.6) is 0 Å². The minimum Gasteiger partial charge on any atom is -0.481 e. The van der Waals surface area contributed by atoms with Crippen LogP contribution in [-0.4, -0.2) is 17.0 Å². The maximum atomic E-state index is 12.8. The average molecular weight is 327 g/mol. The van der Waals surface area contributed by atoms with Crippen molar-refractivity contribution in [2.24, 2.45) is 23.7 Å². The molecule has 128 valence electrons. The van der Waals surface area contributed by atoms with Gasteiger partial charge in [-0.15, -0.1) is 0 Å². The number of amides is 1. The van der Waals surface area contributed by atoms with Crippen molar-refractivity contribution in [2.75, 3.05) is 5.32 Å². The highest BCUT2D eigenvalue weighted by molar-refractivity contribution is 5.96. The molecule has 0 heterocycles. The first kappa shape index (κ1) is 16.7. The Morgan fingerprint density at radius 3 is 2.17 bits per heavy atom. The molecule has 4 nitrogen and oxygen atoms in total. The molecule has 2 bridgehead atoms. The van der Waals surface area contributed by atoms with Crippen molar-refractivity contribution in [1.82, 2.24) is 0 Å². The van der Waals surface area contributed by atoms with Crippen LogP contribution in [0.25, 0.3) is 0 Å². The summed E-state index contributed by atoms with van der Waals surface area (Å²) >= 11 is 0. The van der Waals surface area contributed by atoms with E-state index in [1.54, 1.807) is 0 Å². The molecule has 2 saturated carbocycles. The predicted molar refractivity (Wildman–Crippen MR) is 93.7 cm³/mol. The van der Waals surface area contributed by atoms with Gasteiger partial charge in [-0.3, -0.25) is 9.59 Å². The number of carboxylic acid groups (broad SMARTS) is 1. The number of anilines is 1. The number of hydrogen-bond acceptors (Lipinski definition) is 2. The molecule has 0 saturated heterocycles. The summed E-state index contributed by atoms with van der Waals surface area (Å²) < 4.78 is 0. The number of carbonyl (C=O) groups is 2. The monoisotopic (exact) mass is 327 g/mol. The van der Waals surface area contributed by atoms with E-state index in [1.165, 1.54) is 16.7 Å². The summed E-state index contributed by atoms with van der Waals surface area (Å²) in [7, 11) is 0. The lowest BCUT2D eigenvalue weighted by molar-refractivity contribution is -0.148. The Hall–Kier alpha value is -2.10. The Morgan fingerprint density at radius 1 is 1.08 bits per heavy atom. The van der Waals surface area contributed by atoms with Crippen LogP contribution in [0.1, 0.15) is 39.2 Å². The Balaban J connectivity index is 1.85. The molecule has 4 atom stereocenters. The van der Waals surface area contributed by atoms with E-state index in [2.05, 4.69) is 12.2 Å². The van der Waals surface area contributed by atoms with Gasteiger partial charge in [0, 0.05) is 5.69 Å². The van der Waals surface area contributed by atoms with Crippen molar-refractivity contribution in [3.8, 4) is 0 Å². The Kier molecular flexibility index (Phi) is 4.48. The largest absolute Gasteiger partial charge is 0.481 e. The third-order valence-corrected chi connectivity index (χ3v) is 5.64. The molecule has 0 aliphatic heterocycles. The first-order valence-electron chi connectivity index (χ1n) is 8.74. The molecule has 2 aliphatic rings. The third-order valence-electron chi connectivity index (χ3n) is 5.64. The highest BCUT2D eigenvalue weighted by Gasteiger charge is 2.57. The molecular weight excluding hydrogens is 302 g/mol. The van der Waals surface area contributed by atoms with Crippen molar-refractivity contribution in [2.45, 2.75) is 40.0 Å². The second-order valence-corrected chi connectivity index (χ2v) is 7.18. The van der Waals surface area contributed by atoms with E-state index in [4.69, 9.17) is 0 Å². The topological polar surface area (TPSA) is 66.4 Å². The van der Waals surface area contributed by atoms with Crippen LogP contribution < -0.4 is 5.32 Å². The minimum atomic E-state index is -0.845. The van der Waals surface area contributed by atoms with Gasteiger partial charge in [-0.25, -0.2) is 0 Å². The maximum absolute atomic E-state index is 12.8. The van der Waals surface area contributed by atoms with E-state index in [-0.39, 0.29) is 17.7 Å². The first-order chi connectivity index (χ1) is 11.4. The molecular formula is C20H25NO3. The summed E-state index contributed by atoms with van der Waals surface area (Å²) in [5.41, 5.74) is 4.34. The molecule has 0 aromatic heterocycles. The molecule has 0 radical (unpaired) electrons. The Bertz CT molecular complexity index is 685. The molecule has 4 heteroatoms. The van der Waals surface area contributed by atoms with Gasteiger partial charge in [0.2, 0.25) is 5.91 Å². The normalized spacial score (nSPS) is 28.0. The van der Waals surface area contributed by atoms with E-state index in [0.29, 0.717) is 0 Å². The molecule has 4 unspecified atom stereocenters. The molecule has 1 aromatic carbocycles. The summed E-state index contributed by atoms with van der Waals surface area (Å²) in [6.45, 7) is 6.15. The van der Waals surface area contributed by atoms with Gasteiger partial charge in [-0.2, -0.15) is 0 Å². The van der Waals surface area contributed by atoms with Gasteiger partial charge in [0.1, 0.15) is 0 Å². The van der Waals surface area contributed by atoms with Crippen LogP contribution in [-0.2, 0) is 16.0 Å². The van der Waals surface area contributed by atoms with Crippen LogP contribution in [0.15, 0.2) is 35.4 Å². The van der Waals surface area contributed by atoms with Gasteiger partial charge in [-0.05, 0) is 62.6 Å². The van der Waals surface area contributed by atoms with Gasteiger partial charge in [-0.1, -0.05) is 30.2 Å². The number of aryl methyl sites for hydroxylation is 1. The van der Waals surface area contributed by atoms with Gasteiger partial charge >= 0.3 is 5.97 Å². The number of benzene rings is 1. The molecule has 24 heavy (non-hydrogen) atoms. The second-order valence-electron chi connectivity index (χ2n) is 7.18. The number of allylic oxidation sites excluding steroid dienone is 2. The number of hydrogen-bond donors (Lipinski definition) is 2. The van der Waals surface area contributed by atoms with E-state index in [0.717, 1.165) is 24.9 Å². The van der Waals surface area contributed by atoms with Gasteiger partial charge in [0.05, 0.1) is 11.8 Å². The maximum Gasteiger partial charge on any atom is 0.307 e. The standard InChI is InChI=1S/C20H25NO3/c1-4-12-5-7-13(8-6-12)21-19(22)17-14-9-10-15(16(14)11(2)3)18(17)20(23)24/h5-8,14-15,17-18H,4,9-10H2,1-3H3,(H,21,22)(H,23,24). The second kappa shape index (κ2) is 6.42. The predicted octanol–water partition coefficient (Wildman–Crippen LogP) is 3.88. The van der Waals surface area contributed by atoms with E-state index in [1.807, 2.05) is 38.1 Å². The van der Waals surface area contributed by atoms with Crippen molar-refractivity contribution in [3.05, 3.63) is 41.0 Å². The molecule has 2 fully saturated rings. The summed E-state index contributed by atoms with van der Waals surface area (Å²) in [4.78, 5) is 24.7. The highest BCUT2D eigenvalue weighted by Crippen LogP contribution is 2.57. The summed E-state index contributed by atoms with van der Waals surface area (Å²) in [5.74, 6) is -1.95. The third kappa shape index (κ3) is 2.74. The summed E-state index contributed by atoms with van der Waals surface area (Å²) in [6.07, 6.45) is 2.75. The lowest BCUT2D eigenvalue weighted by atomic mass is 9.78. The van der Waals surface area contributed by atoms with Crippen LogP contribution in [0.4, 0.5) is 5.69 Å². The fraction of sp³-hybridized carbons (Fsp3) is 0.500. The molecule has 1 amide bonds. The molecule has 2 aliphatic carbocycles. The van der Waals surface area contributed by atoms with Gasteiger partial charge in [0.15, 0.2) is 0 Å². The quantitative estimate of drug-likeness (QED) is 0.825. The van der Waals surface area contributed by atoms with E-state index in [9.17, 15) is 14.7 Å². The number of nitrogens with one attached hydrogen (secondary N) is 1. The molecule has 2 N–H and O–H groups in total. The summed E-state index contributed by atoms with van der Waals surface area (Å²) in [6, 6.07) is 7.77. The van der Waals surface area contributed by atoms with Gasteiger partial charge in [0.25, 0.3) is 0 Å². The van der Waals surface area contributed by atoms with Crippen molar-refractivity contribution < 1.29 is 14.7 Å². The number of aliphatic carboxylic acids is 1. The molecule has 0 spiro atoms. The van der Waals surface area contributed by atoms with Crippen LogP contribution >= 0.6 is 0 Å².